The molecule has 1 atom stereocenters. The molecule has 22 heavy (non-hydrogen) atoms. The van der Waals surface area contributed by atoms with Gasteiger partial charge in [0.25, 0.3) is 0 Å². The van der Waals surface area contributed by atoms with Gasteiger partial charge in [-0.05, 0) is 35.7 Å². The van der Waals surface area contributed by atoms with Crippen molar-refractivity contribution < 1.29 is 4.79 Å². The lowest BCUT2D eigenvalue weighted by Gasteiger charge is -2.16. The molecule has 0 aliphatic carbocycles. The number of carbonyl (C=O) groups is 1. The lowest BCUT2D eigenvalue weighted by molar-refractivity contribution is -0.107. The maximum Gasteiger partial charge on any atom is 0.124 e. The molecule has 0 spiro atoms. The Labute approximate surface area is 130 Å². The van der Waals surface area contributed by atoms with Gasteiger partial charge in [-0.3, -0.25) is 4.98 Å². The molecule has 1 aromatic heterocycles. The molecule has 0 amide bonds. The zero-order valence-corrected chi connectivity index (χ0v) is 12.9. The molecule has 2 heteroatoms. The van der Waals surface area contributed by atoms with Crippen molar-refractivity contribution >= 4 is 17.2 Å². The van der Waals surface area contributed by atoms with Crippen LogP contribution in [0.5, 0.6) is 0 Å². The summed E-state index contributed by atoms with van der Waals surface area (Å²) in [5.74, 6) is 0.289. The van der Waals surface area contributed by atoms with Crippen LogP contribution in [0, 0.1) is 6.92 Å². The monoisotopic (exact) mass is 289 g/mol. The molecule has 1 heterocycles. The van der Waals surface area contributed by atoms with Crippen molar-refractivity contribution in [3.63, 3.8) is 0 Å². The van der Waals surface area contributed by atoms with E-state index < -0.39 is 0 Å². The molecular formula is C20H19NO. The minimum atomic E-state index is 0.289. The normalized spacial score (nSPS) is 12.3. The molecule has 3 rings (SSSR count). The van der Waals surface area contributed by atoms with Crippen molar-refractivity contribution in [3.05, 3.63) is 77.0 Å². The van der Waals surface area contributed by atoms with Gasteiger partial charge in [0.2, 0.25) is 0 Å². The highest BCUT2D eigenvalue weighted by Crippen LogP contribution is 2.30. The van der Waals surface area contributed by atoms with Crippen molar-refractivity contribution in [2.24, 2.45) is 0 Å². The third-order valence-corrected chi connectivity index (χ3v) is 4.14. The summed E-state index contributed by atoms with van der Waals surface area (Å²) in [6.07, 6.45) is 1.42. The second kappa shape index (κ2) is 6.10. The van der Waals surface area contributed by atoms with Crippen molar-refractivity contribution in [1.82, 2.24) is 4.98 Å². The minimum absolute atomic E-state index is 0.289. The number of para-hydroxylation sites is 1. The summed E-state index contributed by atoms with van der Waals surface area (Å²) in [6, 6.07) is 18.8. The van der Waals surface area contributed by atoms with Gasteiger partial charge in [0.1, 0.15) is 6.29 Å². The highest BCUT2D eigenvalue weighted by molar-refractivity contribution is 5.83. The summed E-state index contributed by atoms with van der Waals surface area (Å²) >= 11 is 0. The fourth-order valence-electron chi connectivity index (χ4n) is 2.92. The summed E-state index contributed by atoms with van der Waals surface area (Å²) in [5.41, 5.74) is 5.69. The van der Waals surface area contributed by atoms with Gasteiger partial charge in [0, 0.05) is 23.4 Å². The van der Waals surface area contributed by atoms with Crippen LogP contribution >= 0.6 is 0 Å². The van der Waals surface area contributed by atoms with Crippen molar-refractivity contribution in [2.75, 3.05) is 0 Å². The Bertz CT molecular complexity index is 806. The van der Waals surface area contributed by atoms with E-state index in [1.807, 2.05) is 25.1 Å². The van der Waals surface area contributed by atoms with Crippen LogP contribution in [0.15, 0.2) is 54.6 Å². The fraction of sp³-hybridized carbons (Fsp3) is 0.200. The Morgan fingerprint density at radius 2 is 1.82 bits per heavy atom. The topological polar surface area (TPSA) is 30.0 Å². The zero-order chi connectivity index (χ0) is 15.5. The first-order chi connectivity index (χ1) is 10.7. The number of benzene rings is 2. The summed E-state index contributed by atoms with van der Waals surface area (Å²) in [6.45, 7) is 4.26. The highest BCUT2D eigenvalue weighted by Gasteiger charge is 2.13. The predicted molar refractivity (Wildman–Crippen MR) is 90.2 cm³/mol. The molecular weight excluding hydrogens is 270 g/mol. The highest BCUT2D eigenvalue weighted by atomic mass is 16.1. The van der Waals surface area contributed by atoms with Crippen LogP contribution in [0.4, 0.5) is 0 Å². The number of hydrogen-bond donors (Lipinski definition) is 0. The lowest BCUT2D eigenvalue weighted by atomic mass is 9.89. The number of aldehydes is 1. The Morgan fingerprint density at radius 1 is 1.09 bits per heavy atom. The van der Waals surface area contributed by atoms with Gasteiger partial charge in [0.05, 0.1) is 5.52 Å². The van der Waals surface area contributed by atoms with E-state index in [-0.39, 0.29) is 5.92 Å². The molecule has 0 saturated carbocycles. The lowest BCUT2D eigenvalue weighted by Crippen LogP contribution is -2.00. The van der Waals surface area contributed by atoms with Gasteiger partial charge in [-0.2, -0.15) is 0 Å². The third-order valence-electron chi connectivity index (χ3n) is 4.14. The Morgan fingerprint density at radius 3 is 2.55 bits per heavy atom. The van der Waals surface area contributed by atoms with Crippen LogP contribution in [-0.4, -0.2) is 11.3 Å². The van der Waals surface area contributed by atoms with Gasteiger partial charge in [-0.25, -0.2) is 0 Å². The number of carbonyl (C=O) groups excluding carboxylic acids is 1. The van der Waals surface area contributed by atoms with Crippen LogP contribution in [0.3, 0.4) is 0 Å². The average Bonchev–Trinajstić information content (AvgIpc) is 2.54. The second-order valence-corrected chi connectivity index (χ2v) is 5.70. The van der Waals surface area contributed by atoms with Crippen LogP contribution < -0.4 is 0 Å². The van der Waals surface area contributed by atoms with E-state index >= 15 is 0 Å². The van der Waals surface area contributed by atoms with Crippen molar-refractivity contribution in [3.8, 4) is 0 Å². The van der Waals surface area contributed by atoms with Crippen molar-refractivity contribution in [2.45, 2.75) is 26.2 Å². The van der Waals surface area contributed by atoms with Gasteiger partial charge >= 0.3 is 0 Å². The van der Waals surface area contributed by atoms with Crippen LogP contribution in [0.25, 0.3) is 10.9 Å². The fourth-order valence-corrected chi connectivity index (χ4v) is 2.92. The maximum atomic E-state index is 10.6. The van der Waals surface area contributed by atoms with Crippen LogP contribution in [0.2, 0.25) is 0 Å². The second-order valence-electron chi connectivity index (χ2n) is 5.70. The Hall–Kier alpha value is -2.48. The smallest absolute Gasteiger partial charge is 0.124 e. The number of nitrogens with zero attached hydrogens (tertiary/aromatic N) is 1. The quantitative estimate of drug-likeness (QED) is 0.665. The standard InChI is InChI=1S/C20H19NO/c1-14-13-19(18-5-3-4-6-20(18)21-14)15(2)17-9-7-16(8-10-17)11-12-22/h3-10,12-13,15H,11H2,1-2H3. The minimum Gasteiger partial charge on any atom is -0.303 e. The largest absolute Gasteiger partial charge is 0.303 e. The number of rotatable bonds is 4. The van der Waals surface area contributed by atoms with Crippen molar-refractivity contribution in [1.29, 1.82) is 0 Å². The molecule has 3 aromatic rings. The maximum absolute atomic E-state index is 10.6. The molecule has 0 saturated heterocycles. The first-order valence-electron chi connectivity index (χ1n) is 7.58. The van der Waals surface area contributed by atoms with Gasteiger partial charge in [-0.1, -0.05) is 49.4 Å². The zero-order valence-electron chi connectivity index (χ0n) is 12.9. The molecule has 0 N–H and O–H groups in total. The number of aryl methyl sites for hydroxylation is 1. The Kier molecular flexibility index (Phi) is 4.01. The van der Waals surface area contributed by atoms with E-state index in [1.165, 1.54) is 16.5 Å². The molecule has 1 unspecified atom stereocenters. The molecule has 2 nitrogen and oxygen atoms in total. The number of hydrogen-bond acceptors (Lipinski definition) is 2. The van der Waals surface area contributed by atoms with E-state index in [2.05, 4.69) is 48.3 Å². The molecule has 0 fully saturated rings. The third kappa shape index (κ3) is 2.77. The molecule has 110 valence electrons. The molecule has 0 bridgehead atoms. The first-order valence-corrected chi connectivity index (χ1v) is 7.58. The van der Waals surface area contributed by atoms with Gasteiger partial charge in [0.15, 0.2) is 0 Å². The summed E-state index contributed by atoms with van der Waals surface area (Å²) in [4.78, 5) is 15.2. The van der Waals surface area contributed by atoms with E-state index in [4.69, 9.17) is 0 Å². The summed E-state index contributed by atoms with van der Waals surface area (Å²) < 4.78 is 0. The molecule has 2 aromatic carbocycles. The van der Waals surface area contributed by atoms with E-state index in [1.54, 1.807) is 0 Å². The van der Waals surface area contributed by atoms with E-state index in [0.717, 1.165) is 23.1 Å². The molecule has 0 radical (unpaired) electrons. The predicted octanol–water partition coefficient (Wildman–Crippen LogP) is 4.44. The Balaban J connectivity index is 2.04. The van der Waals surface area contributed by atoms with Gasteiger partial charge in [-0.15, -0.1) is 0 Å². The SMILES string of the molecule is Cc1cc(C(C)c2ccc(CC=O)cc2)c2ccccc2n1. The van der Waals surface area contributed by atoms with E-state index in [9.17, 15) is 4.79 Å². The summed E-state index contributed by atoms with van der Waals surface area (Å²) in [5, 5.41) is 1.21. The van der Waals surface area contributed by atoms with Crippen LogP contribution in [0.1, 0.15) is 35.2 Å². The number of pyridine rings is 1. The molecule has 0 aliphatic heterocycles. The van der Waals surface area contributed by atoms with E-state index in [0.29, 0.717) is 6.42 Å². The summed E-state index contributed by atoms with van der Waals surface area (Å²) in [7, 11) is 0. The first kappa shape index (κ1) is 14.5. The number of fused-ring (bicyclic) bond motifs is 1. The van der Waals surface area contributed by atoms with Crippen LogP contribution in [-0.2, 0) is 11.2 Å². The van der Waals surface area contributed by atoms with Gasteiger partial charge < -0.3 is 4.79 Å². The molecule has 0 aliphatic rings. The number of aromatic nitrogens is 1. The average molecular weight is 289 g/mol.